The summed E-state index contributed by atoms with van der Waals surface area (Å²) in [6.45, 7) is 2.16. The topological polar surface area (TPSA) is 29.1 Å². The van der Waals surface area contributed by atoms with Crippen LogP contribution in [0.4, 0.5) is 5.69 Å². The molecule has 0 saturated heterocycles. The third-order valence-corrected chi connectivity index (χ3v) is 6.65. The first-order valence-electron chi connectivity index (χ1n) is 9.26. The monoisotopic (exact) mass is 369 g/mol. The fraction of sp³-hybridized carbons (Fsp3) is 0.125. The number of aryl methyl sites for hydroxylation is 1. The predicted molar refractivity (Wildman–Crippen MR) is 112 cm³/mol. The molecular formula is C24H19NOS. The number of fused-ring (bicyclic) bond motifs is 3. The molecule has 132 valence electrons. The highest BCUT2D eigenvalue weighted by Gasteiger charge is 2.37. The molecule has 0 bridgehead atoms. The first-order chi connectivity index (χ1) is 13.3. The number of hydrogen-bond acceptors (Lipinski definition) is 3. The van der Waals surface area contributed by atoms with E-state index >= 15 is 0 Å². The fourth-order valence-electron chi connectivity index (χ4n) is 3.84. The van der Waals surface area contributed by atoms with E-state index in [2.05, 4.69) is 54.7 Å². The van der Waals surface area contributed by atoms with Crippen molar-refractivity contribution in [2.75, 3.05) is 5.32 Å². The van der Waals surface area contributed by atoms with E-state index in [0.717, 1.165) is 34.5 Å². The standard InChI is InChI=1S/C24H19NOS/c1-2-15-11-13-16(14-12-15)24-21-22(17-7-3-4-8-18(17)23(21)26)25-19-9-5-6-10-20(19)27-24/h3-14,24-25H,2H2,1H3/t24-/m0/s1. The highest BCUT2D eigenvalue weighted by molar-refractivity contribution is 8.00. The number of ketones is 1. The van der Waals surface area contributed by atoms with Gasteiger partial charge in [0.25, 0.3) is 0 Å². The molecule has 0 spiro atoms. The number of anilines is 1. The van der Waals surface area contributed by atoms with Crippen LogP contribution in [0.3, 0.4) is 0 Å². The molecule has 3 aromatic rings. The zero-order chi connectivity index (χ0) is 18.4. The van der Waals surface area contributed by atoms with Crippen LogP contribution < -0.4 is 5.32 Å². The molecule has 3 heteroatoms. The lowest BCUT2D eigenvalue weighted by Gasteiger charge is -2.17. The predicted octanol–water partition coefficient (Wildman–Crippen LogP) is 6.12. The molecule has 27 heavy (non-hydrogen) atoms. The molecule has 1 aliphatic heterocycles. The van der Waals surface area contributed by atoms with Crippen molar-refractivity contribution < 1.29 is 4.79 Å². The van der Waals surface area contributed by atoms with Crippen LogP contribution in [-0.2, 0) is 6.42 Å². The van der Waals surface area contributed by atoms with Gasteiger partial charge >= 0.3 is 0 Å². The maximum Gasteiger partial charge on any atom is 0.193 e. The van der Waals surface area contributed by atoms with Gasteiger partial charge in [0.2, 0.25) is 0 Å². The molecule has 0 amide bonds. The Balaban J connectivity index is 1.71. The highest BCUT2D eigenvalue weighted by atomic mass is 32.2. The minimum atomic E-state index is -0.0260. The number of nitrogens with one attached hydrogen (secondary N) is 1. The maximum absolute atomic E-state index is 13.3. The minimum Gasteiger partial charge on any atom is -0.354 e. The third kappa shape index (κ3) is 2.62. The third-order valence-electron chi connectivity index (χ3n) is 5.30. The van der Waals surface area contributed by atoms with Crippen LogP contribution in [0, 0.1) is 0 Å². The zero-order valence-electron chi connectivity index (χ0n) is 15.0. The Labute approximate surface area is 163 Å². The summed E-state index contributed by atoms with van der Waals surface area (Å²) in [6.07, 6.45) is 1.01. The lowest BCUT2D eigenvalue weighted by Crippen LogP contribution is -2.07. The van der Waals surface area contributed by atoms with Crippen LogP contribution in [0.15, 0.2) is 83.3 Å². The number of Topliss-reactive ketones (excluding diaryl/α,β-unsaturated/α-hetero) is 1. The Morgan fingerprint density at radius 1 is 0.889 bits per heavy atom. The molecule has 1 atom stereocenters. The van der Waals surface area contributed by atoms with Gasteiger partial charge in [-0.1, -0.05) is 67.6 Å². The second kappa shape index (κ2) is 6.43. The lowest BCUT2D eigenvalue weighted by molar-refractivity contribution is 0.103. The second-order valence-electron chi connectivity index (χ2n) is 6.88. The molecule has 1 N–H and O–H groups in total. The lowest BCUT2D eigenvalue weighted by atomic mass is 9.99. The number of hydrogen-bond donors (Lipinski definition) is 1. The molecule has 2 nitrogen and oxygen atoms in total. The highest BCUT2D eigenvalue weighted by Crippen LogP contribution is 2.52. The van der Waals surface area contributed by atoms with E-state index in [4.69, 9.17) is 0 Å². The van der Waals surface area contributed by atoms with E-state index in [1.165, 1.54) is 16.0 Å². The van der Waals surface area contributed by atoms with Gasteiger partial charge in [0.05, 0.1) is 16.6 Å². The molecule has 0 aromatic heterocycles. The summed E-state index contributed by atoms with van der Waals surface area (Å²) < 4.78 is 0. The van der Waals surface area contributed by atoms with Gasteiger partial charge in [-0.05, 0) is 29.7 Å². The second-order valence-corrected chi connectivity index (χ2v) is 8.02. The van der Waals surface area contributed by atoms with Crippen molar-refractivity contribution in [3.63, 3.8) is 0 Å². The van der Waals surface area contributed by atoms with Crippen LogP contribution in [0.25, 0.3) is 5.70 Å². The summed E-state index contributed by atoms with van der Waals surface area (Å²) >= 11 is 1.75. The SMILES string of the molecule is CCc1ccc([C@@H]2Sc3ccccc3NC3=C2C(=O)c2ccccc23)cc1. The van der Waals surface area contributed by atoms with Gasteiger partial charge in [0.1, 0.15) is 0 Å². The van der Waals surface area contributed by atoms with Crippen molar-refractivity contribution in [1.82, 2.24) is 0 Å². The molecular weight excluding hydrogens is 350 g/mol. The van der Waals surface area contributed by atoms with Gasteiger partial charge in [-0.2, -0.15) is 0 Å². The first-order valence-corrected chi connectivity index (χ1v) is 10.1. The van der Waals surface area contributed by atoms with Crippen molar-refractivity contribution >= 4 is 28.9 Å². The van der Waals surface area contributed by atoms with E-state index in [9.17, 15) is 4.79 Å². The van der Waals surface area contributed by atoms with Crippen LogP contribution in [0.5, 0.6) is 0 Å². The largest absolute Gasteiger partial charge is 0.354 e. The fourth-order valence-corrected chi connectivity index (χ4v) is 5.14. The van der Waals surface area contributed by atoms with Crippen LogP contribution in [0.1, 0.15) is 39.2 Å². The van der Waals surface area contributed by atoms with Crippen molar-refractivity contribution in [3.8, 4) is 0 Å². The summed E-state index contributed by atoms with van der Waals surface area (Å²) in [6, 6.07) is 24.9. The Morgan fingerprint density at radius 2 is 1.59 bits per heavy atom. The van der Waals surface area contributed by atoms with Gasteiger partial charge < -0.3 is 5.32 Å². The average molecular weight is 369 g/mol. The van der Waals surface area contributed by atoms with Gasteiger partial charge in [-0.25, -0.2) is 0 Å². The number of thioether (sulfide) groups is 1. The number of carbonyl (C=O) groups is 1. The zero-order valence-corrected chi connectivity index (χ0v) is 15.8. The Bertz CT molecular complexity index is 1080. The van der Waals surface area contributed by atoms with Crippen LogP contribution in [0.2, 0.25) is 0 Å². The summed E-state index contributed by atoms with van der Waals surface area (Å²) in [4.78, 5) is 14.5. The van der Waals surface area contributed by atoms with Crippen molar-refractivity contribution in [2.45, 2.75) is 23.5 Å². The van der Waals surface area contributed by atoms with E-state index in [1.54, 1.807) is 11.8 Å². The molecule has 0 saturated carbocycles. The van der Waals surface area contributed by atoms with Gasteiger partial charge in [-0.3, -0.25) is 4.79 Å². The molecule has 3 aromatic carbocycles. The van der Waals surface area contributed by atoms with Gasteiger partial charge in [0, 0.05) is 21.6 Å². The smallest absolute Gasteiger partial charge is 0.193 e. The summed E-state index contributed by atoms with van der Waals surface area (Å²) in [7, 11) is 0. The first kappa shape index (κ1) is 16.4. The summed E-state index contributed by atoms with van der Waals surface area (Å²) in [5.41, 5.74) is 7.16. The van der Waals surface area contributed by atoms with Gasteiger partial charge in [0.15, 0.2) is 5.78 Å². The molecule has 5 rings (SSSR count). The normalized spacial score (nSPS) is 17.7. The van der Waals surface area contributed by atoms with Gasteiger partial charge in [-0.15, -0.1) is 11.8 Å². The number of rotatable bonds is 2. The number of carbonyl (C=O) groups excluding carboxylic acids is 1. The maximum atomic E-state index is 13.3. The van der Waals surface area contributed by atoms with Crippen molar-refractivity contribution in [3.05, 3.63) is 101 Å². The van der Waals surface area contributed by atoms with Crippen molar-refractivity contribution in [1.29, 1.82) is 0 Å². The van der Waals surface area contributed by atoms with E-state index < -0.39 is 0 Å². The molecule has 0 fully saturated rings. The van der Waals surface area contributed by atoms with Crippen LogP contribution >= 0.6 is 11.8 Å². The Kier molecular flexibility index (Phi) is 3.91. The van der Waals surface area contributed by atoms with E-state index in [-0.39, 0.29) is 11.0 Å². The molecule has 1 aliphatic carbocycles. The molecule has 0 radical (unpaired) electrons. The molecule has 0 unspecified atom stereocenters. The van der Waals surface area contributed by atoms with Crippen LogP contribution in [-0.4, -0.2) is 5.78 Å². The Hall–Kier alpha value is -2.78. The van der Waals surface area contributed by atoms with E-state index in [1.807, 2.05) is 30.3 Å². The Morgan fingerprint density at radius 3 is 2.37 bits per heavy atom. The number of benzene rings is 3. The molecule has 2 aliphatic rings. The summed E-state index contributed by atoms with van der Waals surface area (Å²) in [5.74, 6) is 0.137. The van der Waals surface area contributed by atoms with E-state index in [0.29, 0.717) is 0 Å². The quantitative estimate of drug-likeness (QED) is 0.590. The summed E-state index contributed by atoms with van der Waals surface area (Å²) in [5, 5.41) is 3.54. The number of para-hydroxylation sites is 1. The minimum absolute atomic E-state index is 0.0260. The average Bonchev–Trinajstić information content (AvgIpc) is 2.88. The van der Waals surface area contributed by atoms with Crippen molar-refractivity contribution in [2.24, 2.45) is 0 Å². The molecule has 1 heterocycles.